The normalized spacial score (nSPS) is 13.0. The van der Waals surface area contributed by atoms with E-state index in [9.17, 15) is 0 Å². The van der Waals surface area contributed by atoms with E-state index in [1.165, 1.54) is 22.9 Å². The number of hydrogen-bond acceptors (Lipinski definition) is 3. The predicted molar refractivity (Wildman–Crippen MR) is 70.5 cm³/mol. The largest absolute Gasteiger partial charge is 0.299 e. The summed E-state index contributed by atoms with van der Waals surface area (Å²) in [5.74, 6) is 0. The maximum atomic E-state index is 5.05. The molecule has 0 heterocycles. The molecule has 4 heteroatoms. The molecule has 0 fully saturated rings. The molecule has 0 unspecified atom stereocenters. The molecular weight excluding hydrogens is 224 g/mol. The molecular formula is C11H12N2S2. The zero-order valence-corrected chi connectivity index (χ0v) is 10.0. The molecule has 0 bridgehead atoms. The standard InChI is InChI=1S/C11H12N2S2/c1-15-11(14)13-12-10-7-6-8-4-2-3-5-9(8)10/h2-5,7,12H,6H2,1H3,(H,13,14). The summed E-state index contributed by atoms with van der Waals surface area (Å²) in [6.45, 7) is 0. The predicted octanol–water partition coefficient (Wildman–Crippen LogP) is 2.33. The minimum absolute atomic E-state index is 0.750. The molecule has 0 spiro atoms. The molecule has 0 aliphatic heterocycles. The number of thioether (sulfide) groups is 1. The van der Waals surface area contributed by atoms with E-state index >= 15 is 0 Å². The molecule has 0 atom stereocenters. The van der Waals surface area contributed by atoms with E-state index in [4.69, 9.17) is 12.2 Å². The van der Waals surface area contributed by atoms with E-state index in [-0.39, 0.29) is 0 Å². The van der Waals surface area contributed by atoms with Crippen LogP contribution in [0.1, 0.15) is 11.1 Å². The van der Waals surface area contributed by atoms with Crippen molar-refractivity contribution >= 4 is 34.0 Å². The van der Waals surface area contributed by atoms with Gasteiger partial charge in [0.1, 0.15) is 0 Å². The minimum atomic E-state index is 0.750. The van der Waals surface area contributed by atoms with Gasteiger partial charge in [-0.1, -0.05) is 54.3 Å². The van der Waals surface area contributed by atoms with Crippen LogP contribution in [0.15, 0.2) is 30.3 Å². The Bertz CT molecular complexity index is 413. The highest BCUT2D eigenvalue weighted by atomic mass is 32.2. The maximum absolute atomic E-state index is 5.05. The van der Waals surface area contributed by atoms with Crippen LogP contribution < -0.4 is 10.9 Å². The molecule has 0 saturated carbocycles. The van der Waals surface area contributed by atoms with Gasteiger partial charge in [-0.15, -0.1) is 0 Å². The Morgan fingerprint density at radius 2 is 2.20 bits per heavy atom. The van der Waals surface area contributed by atoms with E-state index in [1.54, 1.807) is 0 Å². The van der Waals surface area contributed by atoms with E-state index in [1.807, 2.05) is 12.3 Å². The van der Waals surface area contributed by atoms with Crippen LogP contribution in [0.5, 0.6) is 0 Å². The molecule has 2 nitrogen and oxygen atoms in total. The number of thiocarbonyl (C=S) groups is 1. The molecule has 0 saturated heterocycles. The Morgan fingerprint density at radius 3 is 3.00 bits per heavy atom. The van der Waals surface area contributed by atoms with Crippen molar-refractivity contribution in [2.75, 3.05) is 6.26 Å². The third-order valence-electron chi connectivity index (χ3n) is 2.32. The van der Waals surface area contributed by atoms with Crippen molar-refractivity contribution in [1.82, 2.24) is 10.9 Å². The number of fused-ring (bicyclic) bond motifs is 1. The van der Waals surface area contributed by atoms with Gasteiger partial charge in [0.2, 0.25) is 0 Å². The maximum Gasteiger partial charge on any atom is 0.152 e. The first-order chi connectivity index (χ1) is 7.31. The van der Waals surface area contributed by atoms with Crippen LogP contribution >= 0.6 is 24.0 Å². The van der Waals surface area contributed by atoms with Crippen molar-refractivity contribution in [2.24, 2.45) is 0 Å². The Kier molecular flexibility index (Phi) is 3.28. The van der Waals surface area contributed by atoms with Crippen molar-refractivity contribution in [3.8, 4) is 0 Å². The monoisotopic (exact) mass is 236 g/mol. The summed E-state index contributed by atoms with van der Waals surface area (Å²) < 4.78 is 0.750. The fraction of sp³-hybridized carbons (Fsp3) is 0.182. The second-order valence-corrected chi connectivity index (χ2v) is 4.70. The van der Waals surface area contributed by atoms with Gasteiger partial charge in [-0.25, -0.2) is 0 Å². The van der Waals surface area contributed by atoms with Gasteiger partial charge < -0.3 is 0 Å². The SMILES string of the molecule is CSC(=S)NNC1=CCc2ccccc21. The van der Waals surface area contributed by atoms with Crippen molar-refractivity contribution in [3.63, 3.8) is 0 Å². The van der Waals surface area contributed by atoms with Crippen LogP contribution in [0.2, 0.25) is 0 Å². The summed E-state index contributed by atoms with van der Waals surface area (Å²) in [6, 6.07) is 8.38. The quantitative estimate of drug-likeness (QED) is 0.608. The second-order valence-electron chi connectivity index (χ2n) is 3.22. The van der Waals surface area contributed by atoms with Crippen LogP contribution in [-0.2, 0) is 6.42 Å². The van der Waals surface area contributed by atoms with Crippen LogP contribution in [-0.4, -0.2) is 10.6 Å². The molecule has 1 aliphatic rings. The van der Waals surface area contributed by atoms with Gasteiger partial charge >= 0.3 is 0 Å². The lowest BCUT2D eigenvalue weighted by Gasteiger charge is -2.11. The van der Waals surface area contributed by atoms with Crippen LogP contribution in [0.25, 0.3) is 5.70 Å². The lowest BCUT2D eigenvalue weighted by Crippen LogP contribution is -2.32. The molecule has 0 aromatic heterocycles. The van der Waals surface area contributed by atoms with Crippen molar-refractivity contribution < 1.29 is 0 Å². The molecule has 15 heavy (non-hydrogen) atoms. The summed E-state index contributed by atoms with van der Waals surface area (Å²) in [7, 11) is 0. The molecule has 78 valence electrons. The topological polar surface area (TPSA) is 24.1 Å². The number of hydrazine groups is 1. The molecule has 2 N–H and O–H groups in total. The van der Waals surface area contributed by atoms with Gasteiger partial charge in [0.25, 0.3) is 0 Å². The first-order valence-electron chi connectivity index (χ1n) is 4.69. The first kappa shape index (κ1) is 10.5. The molecule has 1 aromatic rings. The van der Waals surface area contributed by atoms with Crippen molar-refractivity contribution in [3.05, 3.63) is 41.5 Å². The highest BCUT2D eigenvalue weighted by molar-refractivity contribution is 8.22. The van der Waals surface area contributed by atoms with Gasteiger partial charge in [0.15, 0.2) is 4.32 Å². The van der Waals surface area contributed by atoms with Crippen LogP contribution in [0.3, 0.4) is 0 Å². The Balaban J connectivity index is 2.04. The average Bonchev–Trinajstić information content (AvgIpc) is 2.69. The van der Waals surface area contributed by atoms with Gasteiger partial charge in [0, 0.05) is 5.56 Å². The van der Waals surface area contributed by atoms with E-state index in [0.717, 1.165) is 16.4 Å². The van der Waals surface area contributed by atoms with Crippen molar-refractivity contribution in [1.29, 1.82) is 0 Å². The summed E-state index contributed by atoms with van der Waals surface area (Å²) >= 11 is 6.57. The Hall–Kier alpha value is -1.00. The number of allylic oxidation sites excluding steroid dienone is 1. The molecule has 0 radical (unpaired) electrons. The molecule has 2 rings (SSSR count). The second kappa shape index (κ2) is 4.68. The summed E-state index contributed by atoms with van der Waals surface area (Å²) in [4.78, 5) is 0. The zero-order valence-electron chi connectivity index (χ0n) is 8.41. The number of hydrogen-bond donors (Lipinski definition) is 2. The van der Waals surface area contributed by atoms with Crippen molar-refractivity contribution in [2.45, 2.75) is 6.42 Å². The molecule has 0 amide bonds. The lowest BCUT2D eigenvalue weighted by atomic mass is 10.1. The highest BCUT2D eigenvalue weighted by Crippen LogP contribution is 2.24. The fourth-order valence-electron chi connectivity index (χ4n) is 1.57. The number of benzene rings is 1. The van der Waals surface area contributed by atoms with Crippen LogP contribution in [0.4, 0.5) is 0 Å². The first-order valence-corrected chi connectivity index (χ1v) is 6.33. The number of nitrogens with one attached hydrogen (secondary N) is 2. The molecule has 1 aromatic carbocycles. The van der Waals surface area contributed by atoms with Gasteiger partial charge in [-0.05, 0) is 18.2 Å². The van der Waals surface area contributed by atoms with E-state index < -0.39 is 0 Å². The number of rotatable bonds is 2. The van der Waals surface area contributed by atoms with E-state index in [0.29, 0.717) is 0 Å². The Morgan fingerprint density at radius 1 is 1.40 bits per heavy atom. The summed E-state index contributed by atoms with van der Waals surface area (Å²) in [5.41, 5.74) is 9.86. The third-order valence-corrected chi connectivity index (χ3v) is 3.39. The van der Waals surface area contributed by atoms with Gasteiger partial charge in [-0.3, -0.25) is 10.9 Å². The van der Waals surface area contributed by atoms with Gasteiger partial charge in [0.05, 0.1) is 5.70 Å². The summed E-state index contributed by atoms with van der Waals surface area (Å²) in [6.07, 6.45) is 5.11. The third kappa shape index (κ3) is 2.33. The zero-order chi connectivity index (χ0) is 10.7. The lowest BCUT2D eigenvalue weighted by molar-refractivity contribution is 0.863. The fourth-order valence-corrected chi connectivity index (χ4v) is 1.77. The van der Waals surface area contributed by atoms with Crippen LogP contribution in [0, 0.1) is 0 Å². The summed E-state index contributed by atoms with van der Waals surface area (Å²) in [5, 5.41) is 0. The van der Waals surface area contributed by atoms with E-state index in [2.05, 4.69) is 35.1 Å². The minimum Gasteiger partial charge on any atom is -0.299 e. The van der Waals surface area contributed by atoms with Gasteiger partial charge in [-0.2, -0.15) is 0 Å². The molecule has 1 aliphatic carbocycles. The Labute approximate surface area is 99.1 Å². The average molecular weight is 236 g/mol. The highest BCUT2D eigenvalue weighted by Gasteiger charge is 2.12. The smallest absolute Gasteiger partial charge is 0.152 e.